The van der Waals surface area contributed by atoms with Crippen LogP contribution in [0.25, 0.3) is 10.9 Å². The summed E-state index contributed by atoms with van der Waals surface area (Å²) in [5, 5.41) is 15.1. The maximum Gasteiger partial charge on any atom is 0.143 e. The van der Waals surface area contributed by atoms with Gasteiger partial charge in [-0.3, -0.25) is 0 Å². The van der Waals surface area contributed by atoms with Crippen molar-refractivity contribution in [2.45, 2.75) is 32.4 Å². The predicted octanol–water partition coefficient (Wildman–Crippen LogP) is 4.47. The molecular formula is C21H25ClN2O2. The van der Waals surface area contributed by atoms with Crippen LogP contribution in [0.3, 0.4) is 0 Å². The molecule has 5 heteroatoms. The molecule has 0 amide bonds. The molecule has 0 saturated heterocycles. The largest absolute Gasteiger partial charge is 0.492 e. The first-order chi connectivity index (χ1) is 12.6. The molecule has 1 aromatic heterocycles. The molecule has 26 heavy (non-hydrogen) atoms. The fourth-order valence-corrected chi connectivity index (χ4v) is 3.54. The van der Waals surface area contributed by atoms with Gasteiger partial charge in [-0.15, -0.1) is 0 Å². The fraction of sp³-hybridized carbons (Fsp3) is 0.333. The molecule has 2 unspecified atom stereocenters. The summed E-state index contributed by atoms with van der Waals surface area (Å²) < 4.78 is 5.70. The Hall–Kier alpha value is -2.01. The number of ether oxygens (including phenoxy) is 1. The topological polar surface area (TPSA) is 57.3 Å². The zero-order chi connectivity index (χ0) is 18.5. The van der Waals surface area contributed by atoms with Crippen molar-refractivity contribution in [1.82, 2.24) is 10.3 Å². The van der Waals surface area contributed by atoms with Crippen LogP contribution in [0.5, 0.6) is 5.75 Å². The predicted molar refractivity (Wildman–Crippen MR) is 107 cm³/mol. The molecule has 3 N–H and O–H groups in total. The zero-order valence-electron chi connectivity index (χ0n) is 15.1. The van der Waals surface area contributed by atoms with Gasteiger partial charge in [0.15, 0.2) is 0 Å². The first-order valence-electron chi connectivity index (χ1n) is 8.96. The Morgan fingerprint density at radius 3 is 2.77 bits per heavy atom. The van der Waals surface area contributed by atoms with Gasteiger partial charge in [-0.1, -0.05) is 35.9 Å². The molecule has 0 fully saturated rings. The number of fused-ring (bicyclic) bond motifs is 1. The lowest BCUT2D eigenvalue weighted by atomic mass is 10.0. The van der Waals surface area contributed by atoms with Gasteiger partial charge >= 0.3 is 0 Å². The van der Waals surface area contributed by atoms with Gasteiger partial charge in [-0.2, -0.15) is 0 Å². The van der Waals surface area contributed by atoms with E-state index in [1.807, 2.05) is 49.5 Å². The third-order valence-electron chi connectivity index (χ3n) is 4.51. The van der Waals surface area contributed by atoms with Crippen molar-refractivity contribution in [2.75, 3.05) is 13.2 Å². The van der Waals surface area contributed by atoms with Crippen LogP contribution in [0, 0.1) is 0 Å². The van der Waals surface area contributed by atoms with Crippen molar-refractivity contribution in [2.24, 2.45) is 0 Å². The van der Waals surface area contributed by atoms with Crippen LogP contribution in [0.15, 0.2) is 48.7 Å². The molecule has 0 spiro atoms. The van der Waals surface area contributed by atoms with Crippen LogP contribution >= 0.6 is 11.6 Å². The van der Waals surface area contributed by atoms with Gasteiger partial charge in [-0.05, 0) is 49.6 Å². The lowest BCUT2D eigenvalue weighted by Crippen LogP contribution is -2.34. The second-order valence-corrected chi connectivity index (χ2v) is 6.92. The maximum absolute atomic E-state index is 9.78. The monoisotopic (exact) mass is 372 g/mol. The maximum atomic E-state index is 9.78. The molecule has 4 nitrogen and oxygen atoms in total. The minimum absolute atomic E-state index is 0.0209. The molecule has 0 aliphatic carbocycles. The Bertz CT molecular complexity index is 862. The number of aromatic nitrogens is 1. The summed E-state index contributed by atoms with van der Waals surface area (Å²) in [4.78, 5) is 3.33. The highest BCUT2D eigenvalue weighted by Crippen LogP contribution is 2.28. The third-order valence-corrected chi connectivity index (χ3v) is 4.74. The molecule has 2 aromatic carbocycles. The molecule has 3 rings (SSSR count). The molecule has 138 valence electrons. The number of para-hydroxylation sites is 1. The molecule has 0 saturated carbocycles. The molecule has 0 aliphatic rings. The van der Waals surface area contributed by atoms with Crippen LogP contribution in [0.4, 0.5) is 0 Å². The van der Waals surface area contributed by atoms with Crippen LogP contribution in [0.1, 0.15) is 31.0 Å². The van der Waals surface area contributed by atoms with E-state index in [4.69, 9.17) is 16.3 Å². The third kappa shape index (κ3) is 4.21. The van der Waals surface area contributed by atoms with Gasteiger partial charge in [0.2, 0.25) is 0 Å². The summed E-state index contributed by atoms with van der Waals surface area (Å²) in [6, 6.07) is 13.8. The Balaban J connectivity index is 1.74. The van der Waals surface area contributed by atoms with Gasteiger partial charge < -0.3 is 20.1 Å². The average Bonchev–Trinajstić information content (AvgIpc) is 3.04. The van der Waals surface area contributed by atoms with E-state index in [0.717, 1.165) is 23.3 Å². The van der Waals surface area contributed by atoms with Crippen LogP contribution < -0.4 is 10.1 Å². The molecule has 3 aromatic rings. The van der Waals surface area contributed by atoms with E-state index in [-0.39, 0.29) is 18.7 Å². The SMILES string of the molecule is CCOc1cccc2c(CC(C)NC(CO)c3cccc(Cl)c3)c[nH]c12. The Labute approximate surface area is 159 Å². The average molecular weight is 373 g/mol. The minimum Gasteiger partial charge on any atom is -0.492 e. The Morgan fingerprint density at radius 2 is 2.04 bits per heavy atom. The summed E-state index contributed by atoms with van der Waals surface area (Å²) in [6.07, 6.45) is 2.88. The quantitative estimate of drug-likeness (QED) is 0.546. The summed E-state index contributed by atoms with van der Waals surface area (Å²) >= 11 is 6.08. The first-order valence-corrected chi connectivity index (χ1v) is 9.34. The lowest BCUT2D eigenvalue weighted by Gasteiger charge is -2.22. The van der Waals surface area contributed by atoms with Crippen molar-refractivity contribution in [1.29, 1.82) is 0 Å². The number of aliphatic hydroxyl groups excluding tert-OH is 1. The van der Waals surface area contributed by atoms with Gasteiger partial charge in [0.25, 0.3) is 0 Å². The van der Waals surface area contributed by atoms with Gasteiger partial charge in [0.1, 0.15) is 5.75 Å². The normalized spacial score (nSPS) is 13.7. The molecule has 0 radical (unpaired) electrons. The number of halogens is 1. The summed E-state index contributed by atoms with van der Waals surface area (Å²) in [7, 11) is 0. The van der Waals surface area contributed by atoms with E-state index in [0.29, 0.717) is 11.6 Å². The number of nitrogens with one attached hydrogen (secondary N) is 2. The van der Waals surface area contributed by atoms with Crippen molar-refractivity contribution in [3.05, 3.63) is 64.8 Å². The first kappa shape index (κ1) is 18.8. The lowest BCUT2D eigenvalue weighted by molar-refractivity contribution is 0.235. The smallest absolute Gasteiger partial charge is 0.143 e. The Morgan fingerprint density at radius 1 is 1.23 bits per heavy atom. The molecule has 2 atom stereocenters. The highest BCUT2D eigenvalue weighted by molar-refractivity contribution is 6.30. The van der Waals surface area contributed by atoms with E-state index in [1.54, 1.807) is 0 Å². The van der Waals surface area contributed by atoms with E-state index in [1.165, 1.54) is 10.9 Å². The highest BCUT2D eigenvalue weighted by atomic mass is 35.5. The summed E-state index contributed by atoms with van der Waals surface area (Å²) in [6.45, 7) is 4.77. The van der Waals surface area contributed by atoms with Crippen LogP contribution in [0.2, 0.25) is 5.02 Å². The number of hydrogen-bond acceptors (Lipinski definition) is 3. The van der Waals surface area contributed by atoms with Crippen molar-refractivity contribution in [3.63, 3.8) is 0 Å². The van der Waals surface area contributed by atoms with Gasteiger partial charge in [-0.25, -0.2) is 0 Å². The summed E-state index contributed by atoms with van der Waals surface area (Å²) in [5.74, 6) is 0.879. The number of aliphatic hydroxyl groups is 1. The molecule has 0 aliphatic heterocycles. The van der Waals surface area contributed by atoms with Crippen LogP contribution in [-0.2, 0) is 6.42 Å². The van der Waals surface area contributed by atoms with Gasteiger partial charge in [0, 0.05) is 22.6 Å². The number of rotatable bonds is 8. The van der Waals surface area contributed by atoms with E-state index < -0.39 is 0 Å². The standard InChI is InChI=1S/C21H25ClN2O2/c1-3-26-20-9-5-8-18-16(12-23-21(18)20)10-14(2)24-19(13-25)15-6-4-7-17(22)11-15/h4-9,11-12,14,19,23-25H,3,10,13H2,1-2H3. The second kappa shape index (κ2) is 8.58. The molecule has 1 heterocycles. The van der Waals surface area contributed by atoms with E-state index in [9.17, 15) is 5.11 Å². The van der Waals surface area contributed by atoms with Crippen molar-refractivity contribution in [3.8, 4) is 5.75 Å². The number of aromatic amines is 1. The molecule has 0 bridgehead atoms. The van der Waals surface area contributed by atoms with Crippen LogP contribution in [-0.4, -0.2) is 29.3 Å². The van der Waals surface area contributed by atoms with E-state index in [2.05, 4.69) is 23.3 Å². The number of benzene rings is 2. The number of H-pyrrole nitrogens is 1. The van der Waals surface area contributed by atoms with Crippen molar-refractivity contribution < 1.29 is 9.84 Å². The Kier molecular flexibility index (Phi) is 6.20. The summed E-state index contributed by atoms with van der Waals surface area (Å²) in [5.41, 5.74) is 3.25. The van der Waals surface area contributed by atoms with E-state index >= 15 is 0 Å². The molecular weight excluding hydrogens is 348 g/mol. The van der Waals surface area contributed by atoms with Gasteiger partial charge in [0.05, 0.1) is 24.8 Å². The minimum atomic E-state index is -0.145. The second-order valence-electron chi connectivity index (χ2n) is 6.49. The fourth-order valence-electron chi connectivity index (χ4n) is 3.34. The zero-order valence-corrected chi connectivity index (χ0v) is 15.9. The van der Waals surface area contributed by atoms with Crippen molar-refractivity contribution >= 4 is 22.5 Å². The highest BCUT2D eigenvalue weighted by Gasteiger charge is 2.16. The number of hydrogen-bond donors (Lipinski definition) is 3.